The largest absolute Gasteiger partial charge is 0.505 e. The highest BCUT2D eigenvalue weighted by molar-refractivity contribution is 5.85. The maximum absolute atomic E-state index is 13.4. The van der Waals surface area contributed by atoms with Crippen molar-refractivity contribution in [3.05, 3.63) is 23.5 Å². The van der Waals surface area contributed by atoms with Crippen LogP contribution in [0.1, 0.15) is 24.4 Å². The quantitative estimate of drug-likeness (QED) is 0.585. The van der Waals surface area contributed by atoms with Crippen LogP contribution in [0, 0.1) is 11.7 Å². The predicted octanol–water partition coefficient (Wildman–Crippen LogP) is 2.31. The number of piperazine rings is 1. The highest BCUT2D eigenvalue weighted by atomic mass is 35.5. The molecule has 1 aromatic carbocycles. The van der Waals surface area contributed by atoms with E-state index in [-0.39, 0.29) is 42.3 Å². The van der Waals surface area contributed by atoms with E-state index in [0.29, 0.717) is 5.92 Å². The second-order valence-electron chi connectivity index (χ2n) is 5.47. The average molecular weight is 338 g/mol. The van der Waals surface area contributed by atoms with Gasteiger partial charge < -0.3 is 16.2 Å². The molecule has 4 N–H and O–H groups in total. The van der Waals surface area contributed by atoms with Crippen molar-refractivity contribution >= 4 is 30.5 Å². The van der Waals surface area contributed by atoms with Crippen molar-refractivity contribution in [1.82, 2.24) is 10.2 Å². The lowest BCUT2D eigenvalue weighted by molar-refractivity contribution is 0.153. The third-order valence-electron chi connectivity index (χ3n) is 4.13. The van der Waals surface area contributed by atoms with Crippen LogP contribution >= 0.6 is 24.8 Å². The molecular formula is C14H22Cl2FN3O. The van der Waals surface area contributed by atoms with E-state index >= 15 is 0 Å². The van der Waals surface area contributed by atoms with E-state index in [4.69, 9.17) is 5.73 Å². The van der Waals surface area contributed by atoms with Gasteiger partial charge in [0.2, 0.25) is 0 Å². The van der Waals surface area contributed by atoms with E-state index in [1.54, 1.807) is 6.07 Å². The molecule has 1 aliphatic heterocycles. The van der Waals surface area contributed by atoms with Crippen molar-refractivity contribution in [2.45, 2.75) is 18.9 Å². The fraction of sp³-hybridized carbons (Fsp3) is 0.571. The van der Waals surface area contributed by atoms with Gasteiger partial charge in [-0.3, -0.25) is 4.90 Å². The van der Waals surface area contributed by atoms with E-state index in [0.717, 1.165) is 31.7 Å². The minimum atomic E-state index is -0.545. The number of aromatic hydroxyl groups is 1. The molecule has 1 aromatic rings. The van der Waals surface area contributed by atoms with E-state index in [1.807, 2.05) is 0 Å². The first-order valence-corrected chi connectivity index (χ1v) is 6.90. The molecular weight excluding hydrogens is 316 g/mol. The molecule has 2 fully saturated rings. The molecule has 1 heterocycles. The number of rotatable bonds is 3. The number of benzene rings is 1. The monoisotopic (exact) mass is 337 g/mol. The normalized spacial score (nSPS) is 20.2. The lowest BCUT2D eigenvalue weighted by Crippen LogP contribution is -2.45. The zero-order valence-electron chi connectivity index (χ0n) is 11.7. The maximum Gasteiger partial charge on any atom is 0.149 e. The van der Waals surface area contributed by atoms with Crippen LogP contribution in [-0.4, -0.2) is 36.2 Å². The van der Waals surface area contributed by atoms with Gasteiger partial charge >= 0.3 is 0 Å². The molecule has 0 aromatic heterocycles. The summed E-state index contributed by atoms with van der Waals surface area (Å²) in [6, 6.07) is 3.22. The Morgan fingerprint density at radius 3 is 2.43 bits per heavy atom. The minimum absolute atomic E-state index is 0. The first-order valence-electron chi connectivity index (χ1n) is 6.90. The van der Waals surface area contributed by atoms with Gasteiger partial charge in [-0.25, -0.2) is 4.39 Å². The molecule has 0 spiro atoms. The molecule has 0 radical (unpaired) electrons. The first-order chi connectivity index (χ1) is 9.18. The summed E-state index contributed by atoms with van der Waals surface area (Å²) in [5.41, 5.74) is 6.27. The van der Waals surface area contributed by atoms with Crippen LogP contribution in [0.5, 0.6) is 5.75 Å². The second kappa shape index (κ2) is 7.49. The molecule has 120 valence electrons. The highest BCUT2D eigenvalue weighted by Gasteiger charge is 2.38. The van der Waals surface area contributed by atoms with Gasteiger partial charge in [0.1, 0.15) is 17.3 Å². The number of nitrogens with one attached hydrogen (secondary N) is 1. The van der Waals surface area contributed by atoms with Crippen LogP contribution in [0.2, 0.25) is 0 Å². The van der Waals surface area contributed by atoms with Gasteiger partial charge in [-0.15, -0.1) is 24.8 Å². The van der Waals surface area contributed by atoms with Crippen molar-refractivity contribution < 1.29 is 9.50 Å². The van der Waals surface area contributed by atoms with Crippen LogP contribution in [-0.2, 0) is 0 Å². The molecule has 1 saturated heterocycles. The van der Waals surface area contributed by atoms with Crippen LogP contribution < -0.4 is 11.1 Å². The number of hydrogen-bond acceptors (Lipinski definition) is 4. The minimum Gasteiger partial charge on any atom is -0.505 e. The maximum atomic E-state index is 13.4. The van der Waals surface area contributed by atoms with Crippen molar-refractivity contribution in [1.29, 1.82) is 0 Å². The lowest BCUT2D eigenvalue weighted by Gasteiger charge is -2.35. The Labute approximate surface area is 136 Å². The van der Waals surface area contributed by atoms with Crippen molar-refractivity contribution in [2.75, 3.05) is 31.9 Å². The molecule has 1 saturated carbocycles. The Kier molecular flexibility index (Phi) is 6.53. The summed E-state index contributed by atoms with van der Waals surface area (Å²) in [6.07, 6.45) is 2.34. The summed E-state index contributed by atoms with van der Waals surface area (Å²) in [6.45, 7) is 3.83. The topological polar surface area (TPSA) is 61.5 Å². The Morgan fingerprint density at radius 2 is 1.86 bits per heavy atom. The summed E-state index contributed by atoms with van der Waals surface area (Å²) in [7, 11) is 0. The molecule has 0 amide bonds. The lowest BCUT2D eigenvalue weighted by atomic mass is 9.98. The second-order valence-corrected chi connectivity index (χ2v) is 5.47. The summed E-state index contributed by atoms with van der Waals surface area (Å²) in [5.74, 6) is -0.0552. The van der Waals surface area contributed by atoms with Crippen LogP contribution in [0.25, 0.3) is 0 Å². The molecule has 1 atom stereocenters. The van der Waals surface area contributed by atoms with Gasteiger partial charge in [0, 0.05) is 37.8 Å². The van der Waals surface area contributed by atoms with Gasteiger partial charge in [-0.2, -0.15) is 0 Å². The number of hydrogen-bond donors (Lipinski definition) is 3. The number of nitrogens with two attached hydrogens (primary N) is 1. The zero-order valence-corrected chi connectivity index (χ0v) is 13.4. The summed E-state index contributed by atoms with van der Waals surface area (Å²) >= 11 is 0. The van der Waals surface area contributed by atoms with Crippen molar-refractivity contribution in [3.8, 4) is 5.75 Å². The molecule has 2 aliphatic rings. The SMILES string of the molecule is Cl.Cl.Nc1c(F)ccc([C@H](C2CC2)N2CCNCC2)c1O. The van der Waals surface area contributed by atoms with E-state index in [1.165, 1.54) is 18.9 Å². The number of anilines is 1. The van der Waals surface area contributed by atoms with Crippen LogP contribution in [0.4, 0.5) is 10.1 Å². The van der Waals surface area contributed by atoms with Crippen molar-refractivity contribution in [3.63, 3.8) is 0 Å². The average Bonchev–Trinajstić information content (AvgIpc) is 3.25. The van der Waals surface area contributed by atoms with Gasteiger partial charge in [0.25, 0.3) is 0 Å². The third-order valence-corrected chi connectivity index (χ3v) is 4.13. The number of phenolic OH excluding ortho intramolecular Hbond substituents is 1. The van der Waals surface area contributed by atoms with Crippen molar-refractivity contribution in [2.24, 2.45) is 5.92 Å². The number of nitrogen functional groups attached to an aromatic ring is 1. The fourth-order valence-electron chi connectivity index (χ4n) is 2.96. The Bertz CT molecular complexity index is 480. The number of halogens is 3. The van der Waals surface area contributed by atoms with E-state index in [2.05, 4.69) is 10.2 Å². The van der Waals surface area contributed by atoms with Gasteiger partial charge in [0.05, 0.1) is 0 Å². The third kappa shape index (κ3) is 3.72. The van der Waals surface area contributed by atoms with Gasteiger partial charge in [-0.05, 0) is 24.8 Å². The Morgan fingerprint density at radius 1 is 1.24 bits per heavy atom. The molecule has 4 nitrogen and oxygen atoms in total. The molecule has 0 unspecified atom stereocenters. The molecule has 7 heteroatoms. The first kappa shape index (κ1) is 18.3. The summed E-state index contributed by atoms with van der Waals surface area (Å²) in [5, 5.41) is 13.5. The van der Waals surface area contributed by atoms with Gasteiger partial charge in [0.15, 0.2) is 0 Å². The summed E-state index contributed by atoms with van der Waals surface area (Å²) in [4.78, 5) is 2.38. The van der Waals surface area contributed by atoms with Gasteiger partial charge in [-0.1, -0.05) is 6.07 Å². The summed E-state index contributed by atoms with van der Waals surface area (Å²) < 4.78 is 13.4. The molecule has 0 bridgehead atoms. The van der Waals surface area contributed by atoms with Crippen LogP contribution in [0.3, 0.4) is 0 Å². The van der Waals surface area contributed by atoms with Crippen LogP contribution in [0.15, 0.2) is 12.1 Å². The molecule has 1 aliphatic carbocycles. The predicted molar refractivity (Wildman–Crippen MR) is 86.9 cm³/mol. The highest BCUT2D eigenvalue weighted by Crippen LogP contribution is 2.48. The number of phenols is 1. The Hall–Kier alpha value is -0.750. The fourth-order valence-corrected chi connectivity index (χ4v) is 2.96. The smallest absolute Gasteiger partial charge is 0.149 e. The standard InChI is InChI=1S/C14H20FN3O.2ClH/c15-11-4-3-10(14(19)12(11)16)13(9-1-2-9)18-7-5-17-6-8-18;;/h3-4,9,13,17,19H,1-2,5-8,16H2;2*1H/t13-;;/m0../s1. The molecule has 3 rings (SSSR count). The van der Waals surface area contributed by atoms with E-state index in [9.17, 15) is 9.50 Å². The van der Waals surface area contributed by atoms with E-state index < -0.39 is 5.82 Å². The zero-order chi connectivity index (χ0) is 13.4. The Balaban J connectivity index is 0.00000110. The molecule has 21 heavy (non-hydrogen) atoms. The number of nitrogens with zero attached hydrogens (tertiary/aromatic N) is 1.